The van der Waals surface area contributed by atoms with Gasteiger partial charge in [-0.1, -0.05) is 12.1 Å². The molecule has 1 fully saturated rings. The van der Waals surface area contributed by atoms with Gasteiger partial charge < -0.3 is 10.6 Å². The van der Waals surface area contributed by atoms with Gasteiger partial charge in [-0.15, -0.1) is 5.10 Å². The van der Waals surface area contributed by atoms with E-state index < -0.39 is 17.8 Å². The molecule has 8 nitrogen and oxygen atoms in total. The van der Waals surface area contributed by atoms with E-state index in [1.54, 1.807) is 24.3 Å². The van der Waals surface area contributed by atoms with Crippen LogP contribution in [0, 0.1) is 0 Å². The van der Waals surface area contributed by atoms with Crippen LogP contribution in [0.5, 0.6) is 0 Å². The van der Waals surface area contributed by atoms with Crippen LogP contribution in [0.4, 0.5) is 19.1 Å². The Bertz CT molecular complexity index is 1320. The first kappa shape index (κ1) is 20.2. The quantitative estimate of drug-likeness (QED) is 0.506. The van der Waals surface area contributed by atoms with E-state index in [0.717, 1.165) is 31.3 Å². The van der Waals surface area contributed by atoms with Gasteiger partial charge in [0.1, 0.15) is 6.04 Å². The van der Waals surface area contributed by atoms with Gasteiger partial charge in [0, 0.05) is 24.3 Å². The number of hydrogen-bond acceptors (Lipinski definition) is 6. The molecule has 2 N–H and O–H groups in total. The molecule has 1 aliphatic heterocycles. The van der Waals surface area contributed by atoms with Crippen molar-refractivity contribution < 1.29 is 18.0 Å². The number of fused-ring (bicyclic) bond motifs is 3. The number of pyridine rings is 1. The summed E-state index contributed by atoms with van der Waals surface area (Å²) in [6, 6.07) is 7.49. The lowest BCUT2D eigenvalue weighted by Gasteiger charge is -2.16. The maximum Gasteiger partial charge on any atom is 0.417 e. The van der Waals surface area contributed by atoms with Crippen molar-refractivity contribution in [2.24, 2.45) is 0 Å². The predicted octanol–water partition coefficient (Wildman–Crippen LogP) is 3.44. The van der Waals surface area contributed by atoms with Gasteiger partial charge in [0.15, 0.2) is 11.5 Å². The van der Waals surface area contributed by atoms with Gasteiger partial charge in [0.05, 0.1) is 16.6 Å². The summed E-state index contributed by atoms with van der Waals surface area (Å²) in [6.07, 6.45) is -0.0882. The Morgan fingerprint density at radius 2 is 1.97 bits per heavy atom. The molecule has 1 saturated heterocycles. The summed E-state index contributed by atoms with van der Waals surface area (Å²) >= 11 is 0. The largest absolute Gasteiger partial charge is 0.417 e. The van der Waals surface area contributed by atoms with E-state index in [2.05, 4.69) is 30.7 Å². The van der Waals surface area contributed by atoms with Crippen molar-refractivity contribution in [3.63, 3.8) is 0 Å². The zero-order chi connectivity index (χ0) is 22.3. The van der Waals surface area contributed by atoms with Crippen LogP contribution in [0.2, 0.25) is 0 Å². The number of carbonyl (C=O) groups is 1. The van der Waals surface area contributed by atoms with Crippen molar-refractivity contribution >= 4 is 28.4 Å². The van der Waals surface area contributed by atoms with E-state index in [1.807, 2.05) is 0 Å². The van der Waals surface area contributed by atoms with Gasteiger partial charge in [-0.3, -0.25) is 9.78 Å². The number of benzene rings is 1. The number of nitrogens with zero attached hydrogens (tertiary/aromatic N) is 5. The van der Waals surface area contributed by atoms with Gasteiger partial charge in [-0.05, 0) is 37.5 Å². The molecular weight excluding hydrogens is 423 g/mol. The van der Waals surface area contributed by atoms with Crippen LogP contribution in [0.3, 0.4) is 0 Å². The Kier molecular flexibility index (Phi) is 4.87. The lowest BCUT2D eigenvalue weighted by atomic mass is 10.1. The van der Waals surface area contributed by atoms with Crippen molar-refractivity contribution in [3.05, 3.63) is 48.3 Å². The number of nitrogens with one attached hydrogen (secondary N) is 2. The first-order chi connectivity index (χ1) is 15.4. The van der Waals surface area contributed by atoms with E-state index in [4.69, 9.17) is 0 Å². The van der Waals surface area contributed by atoms with Crippen molar-refractivity contribution in [1.29, 1.82) is 0 Å². The number of amides is 1. The molecule has 0 saturated carbocycles. The summed E-state index contributed by atoms with van der Waals surface area (Å²) < 4.78 is 42.0. The monoisotopic (exact) mass is 441 g/mol. The van der Waals surface area contributed by atoms with Crippen LogP contribution in [0.1, 0.15) is 24.8 Å². The maximum atomic E-state index is 13.6. The zero-order valence-electron chi connectivity index (χ0n) is 16.7. The minimum atomic E-state index is -4.59. The lowest BCUT2D eigenvalue weighted by molar-refractivity contribution is -0.137. The first-order valence-corrected chi connectivity index (χ1v) is 10.1. The van der Waals surface area contributed by atoms with Crippen LogP contribution in [-0.4, -0.2) is 43.1 Å². The van der Waals surface area contributed by atoms with Crippen molar-refractivity contribution in [3.8, 4) is 11.4 Å². The highest BCUT2D eigenvalue weighted by molar-refractivity contribution is 5.93. The van der Waals surface area contributed by atoms with Crippen LogP contribution in [0.15, 0.2) is 42.7 Å². The second-order valence-corrected chi connectivity index (χ2v) is 7.53. The Morgan fingerprint density at radius 3 is 2.81 bits per heavy atom. The molecule has 4 heterocycles. The number of alkyl halides is 3. The fraction of sp³-hybridized carbons (Fsp3) is 0.286. The summed E-state index contributed by atoms with van der Waals surface area (Å²) in [5.41, 5.74) is -0.193. The fourth-order valence-electron chi connectivity index (χ4n) is 3.82. The van der Waals surface area contributed by atoms with Crippen LogP contribution in [0.25, 0.3) is 27.9 Å². The summed E-state index contributed by atoms with van der Waals surface area (Å²) in [6.45, 7) is 0.603. The normalized spacial score (nSPS) is 17.3. The molecule has 32 heavy (non-hydrogen) atoms. The number of rotatable bonds is 3. The summed E-state index contributed by atoms with van der Waals surface area (Å²) in [5.74, 6) is -0.0496. The Labute approximate surface area is 179 Å². The average molecular weight is 441 g/mol. The second kappa shape index (κ2) is 7.74. The number of aromatic nitrogens is 5. The minimum Gasteiger partial charge on any atom is -0.354 e. The predicted molar refractivity (Wildman–Crippen MR) is 111 cm³/mol. The third-order valence-electron chi connectivity index (χ3n) is 5.39. The van der Waals surface area contributed by atoms with E-state index in [-0.39, 0.29) is 23.2 Å². The number of carbonyl (C=O) groups excluding carboxylic acids is 1. The highest BCUT2D eigenvalue weighted by Gasteiger charge is 2.35. The average Bonchev–Trinajstić information content (AvgIpc) is 3.13. The van der Waals surface area contributed by atoms with E-state index in [9.17, 15) is 18.0 Å². The molecule has 1 atom stereocenters. The smallest absolute Gasteiger partial charge is 0.354 e. The maximum absolute atomic E-state index is 13.6. The molecule has 0 aliphatic carbocycles. The number of halogens is 3. The molecule has 0 bridgehead atoms. The first-order valence-electron chi connectivity index (χ1n) is 10.1. The van der Waals surface area contributed by atoms with E-state index in [1.165, 1.54) is 4.52 Å². The van der Waals surface area contributed by atoms with Gasteiger partial charge >= 0.3 is 6.18 Å². The topological polar surface area (TPSA) is 97.1 Å². The van der Waals surface area contributed by atoms with Crippen molar-refractivity contribution in [2.45, 2.75) is 31.5 Å². The molecule has 3 aromatic heterocycles. The zero-order valence-corrected chi connectivity index (χ0v) is 16.7. The van der Waals surface area contributed by atoms with Crippen molar-refractivity contribution in [1.82, 2.24) is 29.9 Å². The summed E-state index contributed by atoms with van der Waals surface area (Å²) in [5, 5.41) is 10.9. The molecule has 5 rings (SSSR count). The Balaban J connectivity index is 1.69. The molecular formula is C21H18F3N7O. The van der Waals surface area contributed by atoms with Crippen molar-refractivity contribution in [2.75, 3.05) is 11.9 Å². The van der Waals surface area contributed by atoms with E-state index >= 15 is 0 Å². The minimum absolute atomic E-state index is 0.128. The molecule has 4 aromatic rings. The Morgan fingerprint density at radius 1 is 1.12 bits per heavy atom. The molecule has 0 radical (unpaired) electrons. The standard InChI is InChI=1S/C21H18F3N7O/c22-21(23,24)14-8-10-25-11-13(14)17-29-18-12-5-1-2-6-15(12)27-20(31(18)30-17)28-16-7-3-4-9-26-19(16)32/h1-2,5-6,8,10-11,16H,3-4,7,9H2,(H,26,32)(H,27,28)/t16-/m1/s1. The molecule has 0 spiro atoms. The number of hydrogen-bond donors (Lipinski definition) is 2. The van der Waals surface area contributed by atoms with E-state index in [0.29, 0.717) is 29.5 Å². The fourth-order valence-corrected chi connectivity index (χ4v) is 3.82. The summed E-state index contributed by atoms with van der Waals surface area (Å²) in [4.78, 5) is 25.2. The van der Waals surface area contributed by atoms with Crippen LogP contribution in [-0.2, 0) is 11.0 Å². The lowest BCUT2D eigenvalue weighted by Crippen LogP contribution is -2.38. The molecule has 0 unspecified atom stereocenters. The number of para-hydroxylation sites is 1. The molecule has 1 aliphatic rings. The van der Waals surface area contributed by atoms with Gasteiger partial charge in [0.25, 0.3) is 0 Å². The van der Waals surface area contributed by atoms with Gasteiger partial charge in [-0.25, -0.2) is 9.97 Å². The van der Waals surface area contributed by atoms with Gasteiger partial charge in [-0.2, -0.15) is 17.7 Å². The molecule has 164 valence electrons. The third kappa shape index (κ3) is 3.59. The van der Waals surface area contributed by atoms with Gasteiger partial charge in [0.2, 0.25) is 11.9 Å². The van der Waals surface area contributed by atoms with Crippen LogP contribution >= 0.6 is 0 Å². The second-order valence-electron chi connectivity index (χ2n) is 7.53. The molecule has 11 heteroatoms. The molecule has 1 aromatic carbocycles. The highest BCUT2D eigenvalue weighted by atomic mass is 19.4. The SMILES string of the molecule is O=C1NCCCC[C@H]1Nc1nc2ccccc2c2nc(-c3cnccc3C(F)(F)F)nn12. The Hall–Kier alpha value is -3.76. The summed E-state index contributed by atoms with van der Waals surface area (Å²) in [7, 11) is 0. The third-order valence-corrected chi connectivity index (χ3v) is 5.39. The number of anilines is 1. The van der Waals surface area contributed by atoms with Crippen LogP contribution < -0.4 is 10.6 Å². The molecule has 1 amide bonds. The highest BCUT2D eigenvalue weighted by Crippen LogP contribution is 2.36.